The van der Waals surface area contributed by atoms with E-state index in [0.717, 1.165) is 12.1 Å². The van der Waals surface area contributed by atoms with Crippen molar-refractivity contribution in [2.45, 2.75) is 12.3 Å². The molecule has 1 amide bonds. The van der Waals surface area contributed by atoms with E-state index in [2.05, 4.69) is 20.9 Å². The number of pyridine rings is 1. The lowest BCUT2D eigenvalue weighted by molar-refractivity contribution is -0.137. The number of carbonyl (C=O) groups excluding carboxylic acids is 1. The highest BCUT2D eigenvalue weighted by Gasteiger charge is 2.35. The Morgan fingerprint density at radius 2 is 2.00 bits per heavy atom. The molecule has 1 aromatic heterocycles. The topological polar surface area (TPSA) is 42.4 Å². The summed E-state index contributed by atoms with van der Waals surface area (Å²) < 4.78 is 44.5. The SMILES string of the molecule is O=C(c1cccc(C(F)(F)F)c1)N1CC(Oc2ncccc2Br)C1. The van der Waals surface area contributed by atoms with E-state index < -0.39 is 17.6 Å². The number of benzene rings is 1. The second-order valence-corrected chi connectivity index (χ2v) is 6.17. The van der Waals surface area contributed by atoms with Crippen LogP contribution < -0.4 is 4.74 Å². The Morgan fingerprint density at radius 3 is 2.67 bits per heavy atom. The molecule has 0 radical (unpaired) electrons. The van der Waals surface area contributed by atoms with Crippen molar-refractivity contribution in [3.05, 3.63) is 58.2 Å². The van der Waals surface area contributed by atoms with E-state index in [9.17, 15) is 18.0 Å². The minimum atomic E-state index is -4.47. The molecule has 0 unspecified atom stereocenters. The average Bonchev–Trinajstić information content (AvgIpc) is 2.51. The van der Waals surface area contributed by atoms with Gasteiger partial charge in [-0.25, -0.2) is 4.98 Å². The minimum Gasteiger partial charge on any atom is -0.470 e. The van der Waals surface area contributed by atoms with Crippen LogP contribution in [0.2, 0.25) is 0 Å². The number of hydrogen-bond acceptors (Lipinski definition) is 3. The molecule has 2 aromatic rings. The number of halogens is 4. The standard InChI is InChI=1S/C16H12BrF3N2O2/c17-13-5-2-6-21-14(13)24-12-8-22(9-12)15(23)10-3-1-4-11(7-10)16(18,19)20/h1-7,12H,8-9H2. The fourth-order valence-electron chi connectivity index (χ4n) is 2.31. The van der Waals surface area contributed by atoms with Crippen LogP contribution in [-0.4, -0.2) is 35.0 Å². The minimum absolute atomic E-state index is 0.0160. The number of rotatable bonds is 3. The van der Waals surface area contributed by atoms with Gasteiger partial charge in [0.2, 0.25) is 5.88 Å². The van der Waals surface area contributed by atoms with Crippen LogP contribution in [0.3, 0.4) is 0 Å². The Labute approximate surface area is 144 Å². The highest BCUT2D eigenvalue weighted by atomic mass is 79.9. The van der Waals surface area contributed by atoms with Crippen LogP contribution in [0.25, 0.3) is 0 Å². The molecule has 1 fully saturated rings. The van der Waals surface area contributed by atoms with E-state index in [1.165, 1.54) is 17.0 Å². The van der Waals surface area contributed by atoms with E-state index in [1.807, 2.05) is 0 Å². The van der Waals surface area contributed by atoms with Gasteiger partial charge in [0.05, 0.1) is 23.1 Å². The molecule has 4 nitrogen and oxygen atoms in total. The van der Waals surface area contributed by atoms with E-state index in [1.54, 1.807) is 18.3 Å². The smallest absolute Gasteiger partial charge is 0.416 e. The van der Waals surface area contributed by atoms with Gasteiger partial charge in [0, 0.05) is 11.8 Å². The first-order valence-electron chi connectivity index (χ1n) is 7.08. The predicted octanol–water partition coefficient (Wildman–Crippen LogP) is 3.77. The largest absolute Gasteiger partial charge is 0.470 e. The van der Waals surface area contributed by atoms with Crippen molar-refractivity contribution < 1.29 is 22.7 Å². The molecule has 1 aromatic carbocycles. The second-order valence-electron chi connectivity index (χ2n) is 5.32. The third-order valence-corrected chi connectivity index (χ3v) is 4.18. The number of hydrogen-bond donors (Lipinski definition) is 0. The Balaban J connectivity index is 1.62. The van der Waals surface area contributed by atoms with Crippen LogP contribution in [0, 0.1) is 0 Å². The predicted molar refractivity (Wildman–Crippen MR) is 83.7 cm³/mol. The van der Waals surface area contributed by atoms with Gasteiger partial charge in [-0.05, 0) is 46.3 Å². The Bertz CT molecular complexity index is 761. The summed E-state index contributed by atoms with van der Waals surface area (Å²) in [4.78, 5) is 17.8. The maximum absolute atomic E-state index is 12.7. The molecule has 8 heteroatoms. The normalized spacial score (nSPS) is 15.1. The lowest BCUT2D eigenvalue weighted by Gasteiger charge is -2.38. The van der Waals surface area contributed by atoms with Crippen LogP contribution in [-0.2, 0) is 6.18 Å². The molecule has 126 valence electrons. The van der Waals surface area contributed by atoms with Gasteiger partial charge in [-0.15, -0.1) is 0 Å². The van der Waals surface area contributed by atoms with Crippen molar-refractivity contribution in [3.8, 4) is 5.88 Å². The van der Waals surface area contributed by atoms with Gasteiger partial charge in [0.15, 0.2) is 0 Å². The van der Waals surface area contributed by atoms with Crippen molar-refractivity contribution in [2.24, 2.45) is 0 Å². The summed E-state index contributed by atoms with van der Waals surface area (Å²) in [6.07, 6.45) is -3.11. The van der Waals surface area contributed by atoms with Gasteiger partial charge in [-0.3, -0.25) is 4.79 Å². The Kier molecular flexibility index (Phi) is 4.49. The zero-order valence-electron chi connectivity index (χ0n) is 12.3. The quantitative estimate of drug-likeness (QED) is 0.787. The number of alkyl halides is 3. The molecule has 24 heavy (non-hydrogen) atoms. The van der Waals surface area contributed by atoms with Crippen molar-refractivity contribution in [1.29, 1.82) is 0 Å². The number of amides is 1. The maximum Gasteiger partial charge on any atom is 0.416 e. The van der Waals surface area contributed by atoms with Gasteiger partial charge in [-0.1, -0.05) is 6.07 Å². The van der Waals surface area contributed by atoms with Gasteiger partial charge in [0.25, 0.3) is 5.91 Å². The zero-order valence-corrected chi connectivity index (χ0v) is 13.8. The van der Waals surface area contributed by atoms with E-state index in [0.29, 0.717) is 23.4 Å². The monoisotopic (exact) mass is 400 g/mol. The first-order valence-corrected chi connectivity index (χ1v) is 7.87. The van der Waals surface area contributed by atoms with Crippen LogP contribution in [0.5, 0.6) is 5.88 Å². The molecule has 0 atom stereocenters. The molecular formula is C16H12BrF3N2O2. The summed E-state index contributed by atoms with van der Waals surface area (Å²) in [5, 5.41) is 0. The number of nitrogens with zero attached hydrogens (tertiary/aromatic N) is 2. The molecule has 0 spiro atoms. The van der Waals surface area contributed by atoms with Gasteiger partial charge in [-0.2, -0.15) is 13.2 Å². The van der Waals surface area contributed by atoms with Gasteiger partial charge < -0.3 is 9.64 Å². The Hall–Kier alpha value is -2.09. The molecular weight excluding hydrogens is 389 g/mol. The molecule has 0 bridgehead atoms. The molecule has 0 saturated carbocycles. The van der Waals surface area contributed by atoms with E-state index in [4.69, 9.17) is 4.74 Å². The molecule has 0 N–H and O–H groups in total. The van der Waals surface area contributed by atoms with Crippen LogP contribution in [0.15, 0.2) is 47.1 Å². The van der Waals surface area contributed by atoms with E-state index in [-0.39, 0.29) is 11.7 Å². The fraction of sp³-hybridized carbons (Fsp3) is 0.250. The highest BCUT2D eigenvalue weighted by molar-refractivity contribution is 9.10. The first-order chi connectivity index (χ1) is 11.3. The summed E-state index contributed by atoms with van der Waals surface area (Å²) in [7, 11) is 0. The molecule has 1 aliphatic heterocycles. The lowest BCUT2D eigenvalue weighted by Crippen LogP contribution is -2.56. The maximum atomic E-state index is 12.7. The lowest BCUT2D eigenvalue weighted by atomic mass is 10.1. The van der Waals surface area contributed by atoms with Crippen LogP contribution in [0.4, 0.5) is 13.2 Å². The fourth-order valence-corrected chi connectivity index (χ4v) is 2.65. The van der Waals surface area contributed by atoms with Gasteiger partial charge >= 0.3 is 6.18 Å². The summed E-state index contributed by atoms with van der Waals surface area (Å²) in [6.45, 7) is 0.607. The Morgan fingerprint density at radius 1 is 1.25 bits per heavy atom. The third-order valence-electron chi connectivity index (χ3n) is 3.58. The highest BCUT2D eigenvalue weighted by Crippen LogP contribution is 2.30. The van der Waals surface area contributed by atoms with Crippen molar-refractivity contribution in [2.75, 3.05) is 13.1 Å². The molecule has 3 rings (SSSR count). The summed E-state index contributed by atoms with van der Waals surface area (Å²) in [6, 6.07) is 7.95. The molecule has 1 saturated heterocycles. The van der Waals surface area contributed by atoms with Crippen LogP contribution >= 0.6 is 15.9 Å². The van der Waals surface area contributed by atoms with Crippen LogP contribution in [0.1, 0.15) is 15.9 Å². The average molecular weight is 401 g/mol. The number of carbonyl (C=O) groups is 1. The second kappa shape index (κ2) is 6.43. The zero-order chi connectivity index (χ0) is 17.3. The van der Waals surface area contributed by atoms with Crippen molar-refractivity contribution in [3.63, 3.8) is 0 Å². The van der Waals surface area contributed by atoms with Crippen molar-refractivity contribution in [1.82, 2.24) is 9.88 Å². The summed E-state index contributed by atoms with van der Waals surface area (Å²) in [5.74, 6) is -0.0188. The summed E-state index contributed by atoms with van der Waals surface area (Å²) >= 11 is 3.31. The first kappa shape index (κ1) is 16.8. The number of likely N-dealkylation sites (tertiary alicyclic amines) is 1. The van der Waals surface area contributed by atoms with E-state index >= 15 is 0 Å². The number of aromatic nitrogens is 1. The molecule has 2 heterocycles. The molecule has 1 aliphatic rings. The third kappa shape index (κ3) is 3.53. The molecule has 0 aliphatic carbocycles. The number of ether oxygens (including phenoxy) is 1. The van der Waals surface area contributed by atoms with Gasteiger partial charge in [0.1, 0.15) is 6.10 Å². The summed E-state index contributed by atoms with van der Waals surface area (Å²) in [5.41, 5.74) is -0.818. The van der Waals surface area contributed by atoms with Crippen molar-refractivity contribution >= 4 is 21.8 Å².